The summed E-state index contributed by atoms with van der Waals surface area (Å²) in [6.45, 7) is 5.38. The van der Waals surface area contributed by atoms with E-state index < -0.39 is 0 Å². The molecule has 1 aliphatic carbocycles. The third kappa shape index (κ3) is 4.43. The summed E-state index contributed by atoms with van der Waals surface area (Å²) in [5.41, 5.74) is 0.937. The Balaban J connectivity index is 2.22. The summed E-state index contributed by atoms with van der Waals surface area (Å²) in [5, 5.41) is 4.30. The number of hydrogen-bond acceptors (Lipinski definition) is 1. The van der Waals surface area contributed by atoms with Crippen molar-refractivity contribution in [2.45, 2.75) is 58.4 Å². The zero-order chi connectivity index (χ0) is 15.2. The highest BCUT2D eigenvalue weighted by Gasteiger charge is 2.29. The fourth-order valence-electron chi connectivity index (χ4n) is 3.59. The first-order valence-electron chi connectivity index (χ1n) is 8.34. The second-order valence-electron chi connectivity index (χ2n) is 6.30. The van der Waals surface area contributed by atoms with E-state index in [2.05, 4.69) is 19.2 Å². The molecule has 0 heterocycles. The lowest BCUT2D eigenvalue weighted by Crippen LogP contribution is -2.32. The highest BCUT2D eigenvalue weighted by Crippen LogP contribution is 2.40. The number of rotatable bonds is 6. The second-order valence-corrected chi connectivity index (χ2v) is 6.71. The highest BCUT2D eigenvalue weighted by atomic mass is 35.5. The lowest BCUT2D eigenvalue weighted by molar-refractivity contribution is 0.209. The third-order valence-electron chi connectivity index (χ3n) is 4.78. The Kier molecular flexibility index (Phi) is 6.50. The number of nitrogens with one attached hydrogen (secondary N) is 1. The first-order chi connectivity index (χ1) is 10.2. The molecule has 3 heteroatoms. The summed E-state index contributed by atoms with van der Waals surface area (Å²) in [6, 6.07) is 4.93. The number of benzene rings is 1. The zero-order valence-electron chi connectivity index (χ0n) is 13.2. The Morgan fingerprint density at radius 1 is 1.33 bits per heavy atom. The molecule has 0 radical (unpaired) electrons. The molecule has 1 N–H and O–H groups in total. The van der Waals surface area contributed by atoms with Crippen molar-refractivity contribution in [2.75, 3.05) is 6.54 Å². The molecule has 0 bridgehead atoms. The van der Waals surface area contributed by atoms with Gasteiger partial charge < -0.3 is 5.32 Å². The minimum atomic E-state index is -0.194. The van der Waals surface area contributed by atoms with E-state index in [4.69, 9.17) is 11.6 Å². The average Bonchev–Trinajstić information content (AvgIpc) is 2.51. The summed E-state index contributed by atoms with van der Waals surface area (Å²) >= 11 is 6.35. The molecule has 118 valence electrons. The van der Waals surface area contributed by atoms with Crippen LogP contribution in [0.1, 0.15) is 64.0 Å². The Bertz CT molecular complexity index is 449. The molecule has 1 aromatic carbocycles. The van der Waals surface area contributed by atoms with E-state index in [1.807, 2.05) is 0 Å². The van der Waals surface area contributed by atoms with Gasteiger partial charge in [-0.3, -0.25) is 0 Å². The third-order valence-corrected chi connectivity index (χ3v) is 5.12. The van der Waals surface area contributed by atoms with Gasteiger partial charge in [-0.1, -0.05) is 44.7 Å². The van der Waals surface area contributed by atoms with Crippen LogP contribution in [-0.2, 0) is 0 Å². The lowest BCUT2D eigenvalue weighted by atomic mass is 9.75. The van der Waals surface area contributed by atoms with Crippen LogP contribution in [0.5, 0.6) is 0 Å². The van der Waals surface area contributed by atoms with E-state index in [1.165, 1.54) is 38.2 Å². The molecular formula is C18H27ClFN. The molecule has 3 atom stereocenters. The van der Waals surface area contributed by atoms with Crippen LogP contribution in [0.15, 0.2) is 18.2 Å². The highest BCUT2D eigenvalue weighted by molar-refractivity contribution is 6.31. The molecule has 1 saturated carbocycles. The van der Waals surface area contributed by atoms with E-state index in [0.29, 0.717) is 10.9 Å². The van der Waals surface area contributed by atoms with Crippen molar-refractivity contribution in [1.82, 2.24) is 5.32 Å². The van der Waals surface area contributed by atoms with Gasteiger partial charge in [0.1, 0.15) is 5.82 Å². The Morgan fingerprint density at radius 3 is 2.86 bits per heavy atom. The van der Waals surface area contributed by atoms with Gasteiger partial charge in [-0.25, -0.2) is 4.39 Å². The van der Waals surface area contributed by atoms with Gasteiger partial charge in [-0.2, -0.15) is 0 Å². The van der Waals surface area contributed by atoms with Gasteiger partial charge >= 0.3 is 0 Å². The van der Waals surface area contributed by atoms with E-state index >= 15 is 0 Å². The summed E-state index contributed by atoms with van der Waals surface area (Å²) < 4.78 is 13.7. The minimum absolute atomic E-state index is 0.183. The van der Waals surface area contributed by atoms with Crippen LogP contribution in [-0.4, -0.2) is 6.54 Å². The number of hydrogen-bond donors (Lipinski definition) is 1. The van der Waals surface area contributed by atoms with Crippen LogP contribution in [0.25, 0.3) is 0 Å². The van der Waals surface area contributed by atoms with Gasteiger partial charge in [-0.05, 0) is 61.4 Å². The van der Waals surface area contributed by atoms with Gasteiger partial charge in [-0.15, -0.1) is 0 Å². The van der Waals surface area contributed by atoms with Crippen LogP contribution in [0.3, 0.4) is 0 Å². The largest absolute Gasteiger partial charge is 0.310 e. The number of halogens is 2. The molecule has 1 aromatic rings. The van der Waals surface area contributed by atoms with E-state index in [1.54, 1.807) is 12.1 Å². The molecule has 2 rings (SSSR count). The maximum absolute atomic E-state index is 13.7. The van der Waals surface area contributed by atoms with E-state index in [-0.39, 0.29) is 11.9 Å². The van der Waals surface area contributed by atoms with Crippen molar-refractivity contribution < 1.29 is 4.39 Å². The summed E-state index contributed by atoms with van der Waals surface area (Å²) in [6.07, 6.45) is 7.38. The van der Waals surface area contributed by atoms with Crippen molar-refractivity contribution in [3.05, 3.63) is 34.6 Å². The molecule has 0 aromatic heterocycles. The smallest absolute Gasteiger partial charge is 0.123 e. The van der Waals surface area contributed by atoms with Crippen LogP contribution >= 0.6 is 11.6 Å². The second kappa shape index (κ2) is 8.14. The minimum Gasteiger partial charge on any atom is -0.310 e. The SMILES string of the molecule is CCCNC(c1cc(F)ccc1Cl)C1CCCC(CC)C1. The Morgan fingerprint density at radius 2 is 2.14 bits per heavy atom. The molecule has 0 amide bonds. The van der Waals surface area contributed by atoms with Gasteiger partial charge in [0.2, 0.25) is 0 Å². The Hall–Kier alpha value is -0.600. The standard InChI is InChI=1S/C18H27ClFN/c1-3-10-21-18(14-7-5-6-13(4-2)11-14)16-12-15(20)8-9-17(16)19/h8-9,12-14,18,21H,3-7,10-11H2,1-2H3. The lowest BCUT2D eigenvalue weighted by Gasteiger charge is -2.35. The van der Waals surface area contributed by atoms with Gasteiger partial charge in [0.15, 0.2) is 0 Å². The monoisotopic (exact) mass is 311 g/mol. The average molecular weight is 312 g/mol. The summed E-state index contributed by atoms with van der Waals surface area (Å²) in [4.78, 5) is 0. The van der Waals surface area contributed by atoms with Crippen molar-refractivity contribution in [1.29, 1.82) is 0 Å². The maximum Gasteiger partial charge on any atom is 0.123 e. The van der Waals surface area contributed by atoms with Crippen LogP contribution < -0.4 is 5.32 Å². The molecular weight excluding hydrogens is 285 g/mol. The van der Waals surface area contributed by atoms with Gasteiger partial charge in [0.05, 0.1) is 0 Å². The van der Waals surface area contributed by atoms with Crippen LogP contribution in [0, 0.1) is 17.7 Å². The van der Waals surface area contributed by atoms with E-state index in [9.17, 15) is 4.39 Å². The predicted molar refractivity (Wildman–Crippen MR) is 88.2 cm³/mol. The van der Waals surface area contributed by atoms with Crippen LogP contribution in [0.2, 0.25) is 5.02 Å². The van der Waals surface area contributed by atoms with Crippen molar-refractivity contribution in [2.24, 2.45) is 11.8 Å². The van der Waals surface area contributed by atoms with E-state index in [0.717, 1.165) is 24.4 Å². The zero-order valence-corrected chi connectivity index (χ0v) is 13.9. The topological polar surface area (TPSA) is 12.0 Å². The van der Waals surface area contributed by atoms with Gasteiger partial charge in [0, 0.05) is 11.1 Å². The normalized spacial score (nSPS) is 24.0. The first-order valence-corrected chi connectivity index (χ1v) is 8.71. The van der Waals surface area contributed by atoms with Crippen molar-refractivity contribution in [3.63, 3.8) is 0 Å². The van der Waals surface area contributed by atoms with Crippen molar-refractivity contribution >= 4 is 11.6 Å². The van der Waals surface area contributed by atoms with Crippen LogP contribution in [0.4, 0.5) is 4.39 Å². The van der Waals surface area contributed by atoms with Gasteiger partial charge in [0.25, 0.3) is 0 Å². The predicted octanol–water partition coefficient (Wildman–Crippen LogP) is 5.74. The molecule has 21 heavy (non-hydrogen) atoms. The fourth-order valence-corrected chi connectivity index (χ4v) is 3.82. The summed E-state index contributed by atoms with van der Waals surface area (Å²) in [7, 11) is 0. The van der Waals surface area contributed by atoms with Crippen molar-refractivity contribution in [3.8, 4) is 0 Å². The maximum atomic E-state index is 13.7. The fraction of sp³-hybridized carbons (Fsp3) is 0.667. The molecule has 1 aliphatic rings. The first kappa shape index (κ1) is 16.8. The molecule has 0 spiro atoms. The molecule has 0 aliphatic heterocycles. The molecule has 3 unspecified atom stereocenters. The quantitative estimate of drug-likeness (QED) is 0.706. The molecule has 0 saturated heterocycles. The molecule has 1 nitrogen and oxygen atoms in total. The summed E-state index contributed by atoms with van der Waals surface area (Å²) in [5.74, 6) is 1.18. The Labute approximate surface area is 133 Å². The molecule has 1 fully saturated rings.